The average Bonchev–Trinajstić information content (AvgIpc) is 2.71. The zero-order chi connectivity index (χ0) is 19.1. The van der Waals surface area contributed by atoms with Crippen LogP contribution in [-0.4, -0.2) is 35.1 Å². The first-order valence-corrected chi connectivity index (χ1v) is 9.57. The van der Waals surface area contributed by atoms with Crippen molar-refractivity contribution in [2.45, 2.75) is 57.1 Å². The monoisotopic (exact) mass is 369 g/mol. The van der Waals surface area contributed by atoms with Crippen LogP contribution in [0.1, 0.15) is 50.5 Å². The third kappa shape index (κ3) is 5.18. The maximum absolute atomic E-state index is 12.7. The smallest absolute Gasteiger partial charge is 0.235 e. The minimum Gasteiger partial charge on any atom is -0.480 e. The number of aromatic nitrogens is 2. The topological polar surface area (TPSA) is 73.3 Å². The van der Waals surface area contributed by atoms with Crippen LogP contribution in [0.2, 0.25) is 0 Å². The molecule has 0 spiro atoms. The van der Waals surface area contributed by atoms with Gasteiger partial charge in [0, 0.05) is 6.04 Å². The molecule has 27 heavy (non-hydrogen) atoms. The first kappa shape index (κ1) is 19.1. The molecular weight excluding hydrogens is 342 g/mol. The number of carbonyl (C=O) groups is 1. The summed E-state index contributed by atoms with van der Waals surface area (Å²) in [4.78, 5) is 21.0. The molecule has 144 valence electrons. The zero-order valence-corrected chi connectivity index (χ0v) is 15.9. The number of benzene rings is 1. The summed E-state index contributed by atoms with van der Waals surface area (Å²) in [6.45, 7) is 2.05. The second kappa shape index (κ2) is 9.35. The van der Waals surface area contributed by atoms with Crippen molar-refractivity contribution in [1.29, 1.82) is 0 Å². The molecule has 1 fully saturated rings. The van der Waals surface area contributed by atoms with Crippen molar-refractivity contribution in [3.8, 4) is 11.8 Å². The quantitative estimate of drug-likeness (QED) is 0.809. The normalized spacial score (nSPS) is 20.5. The molecule has 1 N–H and O–H groups in total. The number of ether oxygens (including phenoxy) is 2. The van der Waals surface area contributed by atoms with Gasteiger partial charge in [-0.15, -0.1) is 0 Å². The summed E-state index contributed by atoms with van der Waals surface area (Å²) in [7, 11) is 1.56. The summed E-state index contributed by atoms with van der Waals surface area (Å²) in [6.07, 6.45) is 7.60. The lowest BCUT2D eigenvalue weighted by atomic mass is 9.91. The molecule has 0 saturated heterocycles. The summed E-state index contributed by atoms with van der Waals surface area (Å²) in [5.74, 6) is 0.955. The van der Waals surface area contributed by atoms with Crippen LogP contribution in [0.3, 0.4) is 0 Å². The van der Waals surface area contributed by atoms with Crippen LogP contribution in [0.4, 0.5) is 0 Å². The van der Waals surface area contributed by atoms with Gasteiger partial charge < -0.3 is 14.8 Å². The molecule has 1 unspecified atom stereocenters. The van der Waals surface area contributed by atoms with Gasteiger partial charge >= 0.3 is 0 Å². The van der Waals surface area contributed by atoms with Crippen molar-refractivity contribution in [1.82, 2.24) is 15.3 Å². The number of carbonyl (C=O) groups excluding carboxylic acids is 1. The van der Waals surface area contributed by atoms with E-state index in [1.165, 1.54) is 0 Å². The fraction of sp³-hybridized carbons (Fsp3) is 0.476. The van der Waals surface area contributed by atoms with Crippen LogP contribution in [0.15, 0.2) is 42.7 Å². The highest BCUT2D eigenvalue weighted by atomic mass is 16.5. The summed E-state index contributed by atoms with van der Waals surface area (Å²) in [5, 5.41) is 3.23. The molecule has 1 aliphatic rings. The lowest BCUT2D eigenvalue weighted by Gasteiger charge is -2.30. The SMILES string of the molecule is CCC(C(=O)NC1CCC(Oc2cncc(OC)n2)CC1)c1ccccc1. The number of amides is 1. The standard InChI is InChI=1S/C21H27N3O3/c1-3-18(15-7-5-4-6-8-15)21(25)23-16-9-11-17(12-10-16)27-20-14-22-13-19(24-20)26-2/h4-8,13-14,16-18H,3,9-12H2,1-2H3,(H,23,25). The van der Waals surface area contributed by atoms with E-state index in [1.54, 1.807) is 19.5 Å². The van der Waals surface area contributed by atoms with Gasteiger partial charge in [0.15, 0.2) is 0 Å². The summed E-state index contributed by atoms with van der Waals surface area (Å²) in [5.41, 5.74) is 1.08. The Kier molecular flexibility index (Phi) is 6.63. The van der Waals surface area contributed by atoms with Crippen molar-refractivity contribution >= 4 is 5.91 Å². The number of rotatable bonds is 7. The van der Waals surface area contributed by atoms with Crippen LogP contribution < -0.4 is 14.8 Å². The molecule has 1 aromatic carbocycles. The van der Waals surface area contributed by atoms with Gasteiger partial charge in [-0.1, -0.05) is 37.3 Å². The predicted octanol–water partition coefficient (Wildman–Crippen LogP) is 3.49. The first-order chi connectivity index (χ1) is 13.2. The lowest BCUT2D eigenvalue weighted by molar-refractivity contribution is -0.123. The Morgan fingerprint density at radius 1 is 1.15 bits per heavy atom. The van der Waals surface area contributed by atoms with E-state index in [-0.39, 0.29) is 24.0 Å². The molecule has 1 aromatic heterocycles. The molecule has 1 atom stereocenters. The molecular formula is C21H27N3O3. The Balaban J connectivity index is 1.49. The van der Waals surface area contributed by atoms with E-state index in [4.69, 9.17) is 9.47 Å². The molecule has 1 saturated carbocycles. The van der Waals surface area contributed by atoms with E-state index in [2.05, 4.69) is 22.2 Å². The Morgan fingerprint density at radius 3 is 2.52 bits per heavy atom. The molecule has 2 aromatic rings. The first-order valence-electron chi connectivity index (χ1n) is 9.57. The third-order valence-electron chi connectivity index (χ3n) is 5.03. The Hall–Kier alpha value is -2.63. The van der Waals surface area contributed by atoms with E-state index in [9.17, 15) is 4.79 Å². The van der Waals surface area contributed by atoms with Crippen molar-refractivity contribution in [3.05, 3.63) is 48.3 Å². The second-order valence-corrected chi connectivity index (χ2v) is 6.87. The average molecular weight is 369 g/mol. The molecule has 6 heteroatoms. The molecule has 0 bridgehead atoms. The fourth-order valence-electron chi connectivity index (χ4n) is 3.54. The molecule has 0 aliphatic heterocycles. The van der Waals surface area contributed by atoms with E-state index < -0.39 is 0 Å². The number of hydrogen-bond donors (Lipinski definition) is 1. The zero-order valence-electron chi connectivity index (χ0n) is 15.9. The van der Waals surface area contributed by atoms with Gasteiger partial charge in [-0.2, -0.15) is 4.98 Å². The predicted molar refractivity (Wildman–Crippen MR) is 103 cm³/mol. The highest BCUT2D eigenvalue weighted by Gasteiger charge is 2.26. The number of methoxy groups -OCH3 is 1. The molecule has 6 nitrogen and oxygen atoms in total. The lowest BCUT2D eigenvalue weighted by Crippen LogP contribution is -2.41. The van der Waals surface area contributed by atoms with Crippen molar-refractivity contribution in [2.75, 3.05) is 7.11 Å². The van der Waals surface area contributed by atoms with Crippen molar-refractivity contribution in [2.24, 2.45) is 0 Å². The maximum Gasteiger partial charge on any atom is 0.235 e. The maximum atomic E-state index is 12.7. The van der Waals surface area contributed by atoms with E-state index >= 15 is 0 Å². The molecule has 3 rings (SSSR count). The molecule has 0 radical (unpaired) electrons. The minimum atomic E-state index is -0.0905. The number of nitrogens with zero attached hydrogens (tertiary/aromatic N) is 2. The molecule has 1 amide bonds. The third-order valence-corrected chi connectivity index (χ3v) is 5.03. The fourth-order valence-corrected chi connectivity index (χ4v) is 3.54. The van der Waals surface area contributed by atoms with E-state index in [1.807, 2.05) is 30.3 Å². The van der Waals surface area contributed by atoms with Gasteiger partial charge in [-0.3, -0.25) is 9.78 Å². The highest BCUT2D eigenvalue weighted by Crippen LogP contribution is 2.25. The van der Waals surface area contributed by atoms with Crippen LogP contribution in [0.5, 0.6) is 11.8 Å². The van der Waals surface area contributed by atoms with Gasteiger partial charge in [0.05, 0.1) is 25.4 Å². The Morgan fingerprint density at radius 2 is 1.85 bits per heavy atom. The van der Waals surface area contributed by atoms with Crippen LogP contribution >= 0.6 is 0 Å². The summed E-state index contributed by atoms with van der Waals surface area (Å²) >= 11 is 0. The largest absolute Gasteiger partial charge is 0.480 e. The minimum absolute atomic E-state index is 0.0905. The molecule has 1 heterocycles. The summed E-state index contributed by atoms with van der Waals surface area (Å²) in [6, 6.07) is 10.2. The van der Waals surface area contributed by atoms with Gasteiger partial charge in [-0.05, 0) is 37.7 Å². The van der Waals surface area contributed by atoms with Crippen LogP contribution in [0, 0.1) is 0 Å². The van der Waals surface area contributed by atoms with Gasteiger partial charge in [0.2, 0.25) is 17.7 Å². The van der Waals surface area contributed by atoms with Gasteiger partial charge in [0.25, 0.3) is 0 Å². The Bertz CT molecular complexity index is 730. The van der Waals surface area contributed by atoms with E-state index in [0.29, 0.717) is 11.8 Å². The summed E-state index contributed by atoms with van der Waals surface area (Å²) < 4.78 is 11.0. The Labute approximate surface area is 160 Å². The van der Waals surface area contributed by atoms with Crippen LogP contribution in [0.25, 0.3) is 0 Å². The van der Waals surface area contributed by atoms with Crippen molar-refractivity contribution in [3.63, 3.8) is 0 Å². The highest BCUT2D eigenvalue weighted by molar-refractivity contribution is 5.83. The van der Waals surface area contributed by atoms with Gasteiger partial charge in [0.1, 0.15) is 6.10 Å². The number of hydrogen-bond acceptors (Lipinski definition) is 5. The number of nitrogens with one attached hydrogen (secondary N) is 1. The van der Waals surface area contributed by atoms with Crippen molar-refractivity contribution < 1.29 is 14.3 Å². The van der Waals surface area contributed by atoms with Crippen LogP contribution in [-0.2, 0) is 4.79 Å². The second-order valence-electron chi connectivity index (χ2n) is 6.87. The van der Waals surface area contributed by atoms with E-state index in [0.717, 1.165) is 37.7 Å². The van der Waals surface area contributed by atoms with Gasteiger partial charge in [-0.25, -0.2) is 0 Å². The molecule has 1 aliphatic carbocycles.